The van der Waals surface area contributed by atoms with Gasteiger partial charge in [0.2, 0.25) is 10.0 Å². The number of anilines is 1. The van der Waals surface area contributed by atoms with Gasteiger partial charge in [-0.15, -0.1) is 0 Å². The predicted molar refractivity (Wildman–Crippen MR) is 181 cm³/mol. The fourth-order valence-corrected chi connectivity index (χ4v) is 6.87. The second kappa shape index (κ2) is 16.6. The summed E-state index contributed by atoms with van der Waals surface area (Å²) >= 11 is 0. The van der Waals surface area contributed by atoms with Gasteiger partial charge in [0, 0.05) is 30.9 Å². The number of hydrogen-bond acceptors (Lipinski definition) is 8. The number of methoxy groups -OCH3 is 1. The number of nitrogens with one attached hydrogen (secondary N) is 2. The molecule has 0 aliphatic carbocycles. The molecule has 12 nitrogen and oxygen atoms in total. The standard InChI is InChI=1S/C35H44N4O8S/c1-5-24(3)21-38(48(44,45)29-17-15-28(46-4)16-18-29)22-31(40)30(19-25-11-8-7-9-12-25)37-34(42)32-23-39(35(43)47-32)27-14-10-13-26(20-27)33(41)36-6-2/h7-18,20,24,30-32,40H,5-6,19,21-23H2,1-4H3,(H,36,41)(H,37,42)/t24-,30-,31+,32?/m0/s1. The third-order valence-corrected chi connectivity index (χ3v) is 10.1. The topological polar surface area (TPSA) is 155 Å². The molecule has 1 saturated heterocycles. The largest absolute Gasteiger partial charge is 0.497 e. The number of aliphatic hydroxyl groups excluding tert-OH is 1. The maximum absolute atomic E-state index is 13.8. The Hall–Kier alpha value is -4.46. The molecule has 1 fully saturated rings. The minimum Gasteiger partial charge on any atom is -0.497 e. The zero-order chi connectivity index (χ0) is 34.8. The van der Waals surface area contributed by atoms with Gasteiger partial charge in [0.05, 0.1) is 30.7 Å². The van der Waals surface area contributed by atoms with Crippen molar-refractivity contribution in [2.75, 3.05) is 38.2 Å². The molecule has 4 atom stereocenters. The first-order valence-corrected chi connectivity index (χ1v) is 17.4. The third-order valence-electron chi connectivity index (χ3n) is 8.25. The zero-order valence-corrected chi connectivity index (χ0v) is 28.5. The highest BCUT2D eigenvalue weighted by Gasteiger charge is 2.39. The van der Waals surface area contributed by atoms with Crippen molar-refractivity contribution in [2.24, 2.45) is 5.92 Å². The van der Waals surface area contributed by atoms with Gasteiger partial charge in [-0.05, 0) is 67.3 Å². The monoisotopic (exact) mass is 680 g/mol. The van der Waals surface area contributed by atoms with Gasteiger partial charge in [0.15, 0.2) is 6.10 Å². The van der Waals surface area contributed by atoms with Crippen molar-refractivity contribution >= 4 is 33.6 Å². The van der Waals surface area contributed by atoms with Crippen LogP contribution in [0.25, 0.3) is 0 Å². The molecule has 0 radical (unpaired) electrons. The van der Waals surface area contributed by atoms with Crippen LogP contribution >= 0.6 is 0 Å². The van der Waals surface area contributed by atoms with Gasteiger partial charge in [-0.1, -0.05) is 56.7 Å². The van der Waals surface area contributed by atoms with E-state index >= 15 is 0 Å². The van der Waals surface area contributed by atoms with Gasteiger partial charge < -0.3 is 25.2 Å². The van der Waals surface area contributed by atoms with E-state index in [2.05, 4.69) is 10.6 Å². The van der Waals surface area contributed by atoms with Gasteiger partial charge in [-0.3, -0.25) is 14.5 Å². The van der Waals surface area contributed by atoms with E-state index in [1.165, 1.54) is 28.4 Å². The SMILES string of the molecule is CCNC(=O)c1cccc(N2CC(C(=O)N[C@@H](Cc3ccccc3)[C@H](O)CN(C[C@@H](C)CC)S(=O)(=O)c3ccc(OC)cc3)OC2=O)c1. The van der Waals surface area contributed by atoms with Crippen LogP contribution in [-0.2, 0) is 26.0 Å². The summed E-state index contributed by atoms with van der Waals surface area (Å²) in [4.78, 5) is 40.1. The Bertz CT molecular complexity index is 1650. The summed E-state index contributed by atoms with van der Waals surface area (Å²) in [7, 11) is -2.54. The first-order valence-electron chi connectivity index (χ1n) is 16.0. The van der Waals surface area contributed by atoms with Gasteiger partial charge in [0.1, 0.15) is 5.75 Å². The summed E-state index contributed by atoms with van der Waals surface area (Å²) in [6, 6.07) is 20.7. The summed E-state index contributed by atoms with van der Waals surface area (Å²) in [5, 5.41) is 17.2. The number of nitrogens with zero attached hydrogens (tertiary/aromatic N) is 2. The Morgan fingerprint density at radius 2 is 1.75 bits per heavy atom. The summed E-state index contributed by atoms with van der Waals surface area (Å²) in [6.45, 7) is 5.86. The van der Waals surface area contributed by atoms with E-state index in [-0.39, 0.29) is 42.8 Å². The van der Waals surface area contributed by atoms with E-state index in [0.29, 0.717) is 30.0 Å². The maximum Gasteiger partial charge on any atom is 0.415 e. The highest BCUT2D eigenvalue weighted by Crippen LogP contribution is 2.25. The smallest absolute Gasteiger partial charge is 0.415 e. The zero-order valence-electron chi connectivity index (χ0n) is 27.7. The lowest BCUT2D eigenvalue weighted by molar-refractivity contribution is -0.129. The van der Waals surface area contributed by atoms with Crippen molar-refractivity contribution in [1.29, 1.82) is 0 Å². The van der Waals surface area contributed by atoms with Crippen LogP contribution in [0.2, 0.25) is 0 Å². The lowest BCUT2D eigenvalue weighted by atomic mass is 10.0. The molecule has 0 spiro atoms. The second-order valence-corrected chi connectivity index (χ2v) is 13.7. The van der Waals surface area contributed by atoms with Crippen molar-refractivity contribution in [2.45, 2.75) is 56.8 Å². The Labute approximate surface area is 282 Å². The first kappa shape index (κ1) is 36.4. The molecule has 4 rings (SSSR count). The van der Waals surface area contributed by atoms with Crippen molar-refractivity contribution in [3.05, 3.63) is 90.0 Å². The van der Waals surface area contributed by atoms with E-state index in [9.17, 15) is 27.9 Å². The Morgan fingerprint density at radius 3 is 2.40 bits per heavy atom. The van der Waals surface area contributed by atoms with Gasteiger partial charge in [0.25, 0.3) is 11.8 Å². The molecule has 3 N–H and O–H groups in total. The molecule has 3 aromatic rings. The molecule has 258 valence electrons. The van der Waals surface area contributed by atoms with Crippen molar-refractivity contribution < 1.29 is 37.4 Å². The molecule has 1 aliphatic rings. The number of cyclic esters (lactones) is 1. The molecule has 0 saturated carbocycles. The maximum atomic E-state index is 13.8. The molecule has 48 heavy (non-hydrogen) atoms. The average molecular weight is 681 g/mol. The van der Waals surface area contributed by atoms with E-state index in [1.807, 2.05) is 44.2 Å². The summed E-state index contributed by atoms with van der Waals surface area (Å²) < 4.78 is 39.5. The van der Waals surface area contributed by atoms with Crippen LogP contribution in [-0.4, -0.2) is 87.3 Å². The highest BCUT2D eigenvalue weighted by atomic mass is 32.2. The van der Waals surface area contributed by atoms with Crippen molar-refractivity contribution in [3.8, 4) is 5.75 Å². The average Bonchev–Trinajstić information content (AvgIpc) is 3.49. The fourth-order valence-electron chi connectivity index (χ4n) is 5.29. The van der Waals surface area contributed by atoms with E-state index < -0.39 is 40.3 Å². The number of carbonyl (C=O) groups is 3. The van der Waals surface area contributed by atoms with Crippen LogP contribution in [0.4, 0.5) is 10.5 Å². The van der Waals surface area contributed by atoms with Gasteiger partial charge in [-0.25, -0.2) is 13.2 Å². The Kier molecular flexibility index (Phi) is 12.6. The number of benzene rings is 3. The quantitative estimate of drug-likeness (QED) is 0.208. The van der Waals surface area contributed by atoms with Gasteiger partial charge in [-0.2, -0.15) is 4.31 Å². The lowest BCUT2D eigenvalue weighted by Gasteiger charge is -2.31. The Morgan fingerprint density at radius 1 is 1.04 bits per heavy atom. The van der Waals surface area contributed by atoms with Crippen molar-refractivity contribution in [3.63, 3.8) is 0 Å². The molecular formula is C35H44N4O8S. The molecule has 1 heterocycles. The normalized spacial score (nSPS) is 16.6. The van der Waals surface area contributed by atoms with Crippen LogP contribution in [0.3, 0.4) is 0 Å². The van der Waals surface area contributed by atoms with E-state index in [1.54, 1.807) is 43.3 Å². The summed E-state index contributed by atoms with van der Waals surface area (Å²) in [5.41, 5.74) is 1.55. The number of sulfonamides is 1. The first-order chi connectivity index (χ1) is 23.0. The van der Waals surface area contributed by atoms with Crippen LogP contribution in [0, 0.1) is 5.92 Å². The highest BCUT2D eigenvalue weighted by molar-refractivity contribution is 7.89. The molecular weight excluding hydrogens is 636 g/mol. The van der Waals surface area contributed by atoms with Crippen molar-refractivity contribution in [1.82, 2.24) is 14.9 Å². The van der Waals surface area contributed by atoms with Crippen LogP contribution in [0.1, 0.15) is 43.1 Å². The minimum absolute atomic E-state index is 0.0113. The lowest BCUT2D eigenvalue weighted by Crippen LogP contribution is -2.53. The van der Waals surface area contributed by atoms with Crippen LogP contribution in [0.5, 0.6) is 5.75 Å². The second-order valence-electron chi connectivity index (χ2n) is 11.8. The number of ether oxygens (including phenoxy) is 2. The molecule has 3 amide bonds. The van der Waals surface area contributed by atoms with Crippen LogP contribution in [0.15, 0.2) is 83.8 Å². The molecule has 0 bridgehead atoms. The van der Waals surface area contributed by atoms with E-state index in [4.69, 9.17) is 9.47 Å². The minimum atomic E-state index is -4.03. The predicted octanol–water partition coefficient (Wildman–Crippen LogP) is 3.60. The summed E-state index contributed by atoms with van der Waals surface area (Å²) in [5.74, 6) is -0.440. The molecule has 3 aromatic carbocycles. The van der Waals surface area contributed by atoms with Gasteiger partial charge >= 0.3 is 6.09 Å². The number of aliphatic hydroxyl groups is 1. The molecule has 0 aromatic heterocycles. The van der Waals surface area contributed by atoms with E-state index in [0.717, 1.165) is 5.56 Å². The summed E-state index contributed by atoms with van der Waals surface area (Å²) in [6.07, 6.45) is -2.39. The number of amides is 3. The van der Waals surface area contributed by atoms with Crippen LogP contribution < -0.4 is 20.3 Å². The molecule has 13 heteroatoms. The number of rotatable bonds is 16. The molecule has 1 aliphatic heterocycles. The number of carbonyl (C=O) groups excluding carboxylic acids is 3. The fraction of sp³-hybridized carbons (Fsp3) is 0.400. The molecule has 1 unspecified atom stereocenters. The number of hydrogen-bond donors (Lipinski definition) is 3. The Balaban J connectivity index is 1.55. The third kappa shape index (κ3) is 9.12.